The fourth-order valence-corrected chi connectivity index (χ4v) is 4.61. The van der Waals surface area contributed by atoms with Crippen LogP contribution in [0.25, 0.3) is 0 Å². The average molecular weight is 397 g/mol. The van der Waals surface area contributed by atoms with E-state index in [2.05, 4.69) is 24.4 Å². The number of hydrogen-bond acceptors (Lipinski definition) is 4. The van der Waals surface area contributed by atoms with Crippen molar-refractivity contribution in [3.8, 4) is 5.75 Å². The molecule has 2 aromatic rings. The van der Waals surface area contributed by atoms with Crippen LogP contribution in [0.3, 0.4) is 0 Å². The lowest BCUT2D eigenvalue weighted by atomic mass is 9.79. The zero-order chi connectivity index (χ0) is 19.9. The number of esters is 1. The van der Waals surface area contributed by atoms with Gasteiger partial charge < -0.3 is 14.8 Å². The SMILES string of the molecule is CCOC(=O)[C@@H]1[C@@H]2NC(=S)N(c3ccc(CC)cc3)[C@]1(C)Oc1ccccc12. The van der Waals surface area contributed by atoms with Gasteiger partial charge in [0.1, 0.15) is 11.7 Å². The molecule has 0 spiro atoms. The van der Waals surface area contributed by atoms with E-state index in [1.165, 1.54) is 5.56 Å². The van der Waals surface area contributed by atoms with Crippen molar-refractivity contribution in [2.24, 2.45) is 5.92 Å². The van der Waals surface area contributed by atoms with Crippen molar-refractivity contribution in [2.75, 3.05) is 11.5 Å². The number of benzene rings is 2. The number of aryl methyl sites for hydroxylation is 1. The fraction of sp³-hybridized carbons (Fsp3) is 0.364. The van der Waals surface area contributed by atoms with Crippen LogP contribution in [-0.2, 0) is 16.0 Å². The van der Waals surface area contributed by atoms with Gasteiger partial charge in [0.2, 0.25) is 5.72 Å². The van der Waals surface area contributed by atoms with Crippen molar-refractivity contribution in [1.29, 1.82) is 0 Å². The first-order chi connectivity index (χ1) is 13.5. The standard InChI is InChI=1S/C22H24N2O3S/c1-4-14-10-12-15(13-11-14)24-21(28)23-19-16-8-6-7-9-17(16)27-22(24,3)18(19)20(25)26-5-2/h6-13,18-19H,4-5H2,1-3H3,(H,23,28)/t18-,19+,22+/m0/s1. The van der Waals surface area contributed by atoms with Gasteiger partial charge in [0.05, 0.1) is 12.6 Å². The van der Waals surface area contributed by atoms with Crippen LogP contribution in [0.2, 0.25) is 0 Å². The number of hydrogen-bond donors (Lipinski definition) is 1. The second-order valence-corrected chi connectivity index (χ2v) is 7.59. The molecule has 5 nitrogen and oxygen atoms in total. The Bertz CT molecular complexity index is 914. The molecule has 0 aliphatic carbocycles. The molecule has 146 valence electrons. The van der Waals surface area contributed by atoms with Gasteiger partial charge >= 0.3 is 5.97 Å². The molecule has 6 heteroatoms. The third kappa shape index (κ3) is 2.83. The maximum absolute atomic E-state index is 13.0. The van der Waals surface area contributed by atoms with Crippen molar-refractivity contribution in [2.45, 2.75) is 39.0 Å². The molecular weight excluding hydrogens is 372 g/mol. The van der Waals surface area contributed by atoms with Gasteiger partial charge in [-0.2, -0.15) is 0 Å². The van der Waals surface area contributed by atoms with Gasteiger partial charge in [-0.3, -0.25) is 9.69 Å². The van der Waals surface area contributed by atoms with E-state index in [-0.39, 0.29) is 12.0 Å². The third-order valence-electron chi connectivity index (χ3n) is 5.55. The van der Waals surface area contributed by atoms with Crippen molar-refractivity contribution >= 4 is 29.0 Å². The summed E-state index contributed by atoms with van der Waals surface area (Å²) < 4.78 is 11.9. The summed E-state index contributed by atoms with van der Waals surface area (Å²) in [5.74, 6) is -0.115. The number of rotatable bonds is 4. The molecule has 4 rings (SSSR count). The Hall–Kier alpha value is -2.60. The number of ether oxygens (including phenoxy) is 2. The monoisotopic (exact) mass is 396 g/mol. The van der Waals surface area contributed by atoms with E-state index in [9.17, 15) is 4.79 Å². The zero-order valence-electron chi connectivity index (χ0n) is 16.3. The highest BCUT2D eigenvalue weighted by atomic mass is 32.1. The van der Waals surface area contributed by atoms with E-state index in [4.69, 9.17) is 21.7 Å². The lowest BCUT2D eigenvalue weighted by molar-refractivity contribution is -0.159. The average Bonchev–Trinajstić information content (AvgIpc) is 2.68. The summed E-state index contributed by atoms with van der Waals surface area (Å²) in [5, 5.41) is 3.91. The molecule has 1 fully saturated rings. The van der Waals surface area contributed by atoms with Crippen LogP contribution in [-0.4, -0.2) is 23.4 Å². The first kappa shape index (κ1) is 18.7. The smallest absolute Gasteiger partial charge is 0.317 e. The Morgan fingerprint density at radius 1 is 1.21 bits per heavy atom. The summed E-state index contributed by atoms with van der Waals surface area (Å²) in [4.78, 5) is 14.9. The van der Waals surface area contributed by atoms with E-state index >= 15 is 0 Å². The summed E-state index contributed by atoms with van der Waals surface area (Å²) in [6, 6.07) is 15.6. The lowest BCUT2D eigenvalue weighted by Gasteiger charge is -2.55. The second-order valence-electron chi connectivity index (χ2n) is 7.21. The molecule has 28 heavy (non-hydrogen) atoms. The molecule has 2 aliphatic heterocycles. The van der Waals surface area contributed by atoms with Crippen molar-refractivity contribution in [3.63, 3.8) is 0 Å². The van der Waals surface area contributed by atoms with E-state index in [0.29, 0.717) is 11.7 Å². The largest absolute Gasteiger partial charge is 0.466 e. The number of anilines is 1. The van der Waals surface area contributed by atoms with E-state index in [1.807, 2.05) is 55.1 Å². The maximum atomic E-state index is 13.0. The minimum atomic E-state index is -0.999. The molecule has 2 aliphatic rings. The van der Waals surface area contributed by atoms with Gasteiger partial charge in [-0.25, -0.2) is 0 Å². The van der Waals surface area contributed by atoms with Crippen LogP contribution in [0.5, 0.6) is 5.75 Å². The van der Waals surface area contributed by atoms with Gasteiger partial charge in [-0.05, 0) is 56.2 Å². The molecule has 0 saturated carbocycles. The predicted octanol–water partition coefficient (Wildman–Crippen LogP) is 3.97. The number of fused-ring (bicyclic) bond motifs is 4. The molecule has 2 bridgehead atoms. The van der Waals surface area contributed by atoms with Crippen LogP contribution < -0.4 is 15.0 Å². The Morgan fingerprint density at radius 2 is 1.93 bits per heavy atom. The molecule has 1 saturated heterocycles. The highest BCUT2D eigenvalue weighted by Crippen LogP contribution is 2.49. The van der Waals surface area contributed by atoms with Gasteiger partial charge in [0.15, 0.2) is 5.11 Å². The van der Waals surface area contributed by atoms with E-state index in [0.717, 1.165) is 23.4 Å². The Morgan fingerprint density at radius 3 is 2.61 bits per heavy atom. The third-order valence-corrected chi connectivity index (χ3v) is 5.85. The van der Waals surface area contributed by atoms with Gasteiger partial charge in [0, 0.05) is 11.3 Å². The lowest BCUT2D eigenvalue weighted by Crippen LogP contribution is -2.71. The summed E-state index contributed by atoms with van der Waals surface area (Å²) in [5.41, 5.74) is 2.03. The summed E-state index contributed by atoms with van der Waals surface area (Å²) in [7, 11) is 0. The van der Waals surface area contributed by atoms with Crippen LogP contribution in [0.1, 0.15) is 37.9 Å². The number of thiocarbonyl (C=S) groups is 1. The Balaban J connectivity index is 1.85. The highest BCUT2D eigenvalue weighted by molar-refractivity contribution is 7.80. The van der Waals surface area contributed by atoms with E-state index < -0.39 is 11.6 Å². The number of para-hydroxylation sites is 1. The minimum Gasteiger partial charge on any atom is -0.466 e. The van der Waals surface area contributed by atoms with Gasteiger partial charge in [0.25, 0.3) is 0 Å². The van der Waals surface area contributed by atoms with Crippen LogP contribution >= 0.6 is 12.2 Å². The zero-order valence-corrected chi connectivity index (χ0v) is 17.1. The molecule has 3 atom stereocenters. The number of carbonyl (C=O) groups is 1. The molecule has 1 N–H and O–H groups in total. The molecule has 0 amide bonds. The van der Waals surface area contributed by atoms with Crippen LogP contribution in [0, 0.1) is 5.92 Å². The Kier molecular flexibility index (Phi) is 4.75. The Labute approximate surface area is 170 Å². The summed E-state index contributed by atoms with van der Waals surface area (Å²) in [6.07, 6.45) is 0.956. The van der Waals surface area contributed by atoms with Crippen LogP contribution in [0.4, 0.5) is 5.69 Å². The number of nitrogens with one attached hydrogen (secondary N) is 1. The van der Waals surface area contributed by atoms with Crippen molar-refractivity contribution in [3.05, 3.63) is 59.7 Å². The van der Waals surface area contributed by atoms with Crippen molar-refractivity contribution in [1.82, 2.24) is 5.32 Å². The molecule has 2 heterocycles. The van der Waals surface area contributed by atoms with E-state index in [1.54, 1.807) is 0 Å². The first-order valence-electron chi connectivity index (χ1n) is 9.63. The number of carbonyl (C=O) groups excluding carboxylic acids is 1. The molecular formula is C22H24N2O3S. The van der Waals surface area contributed by atoms with Crippen molar-refractivity contribution < 1.29 is 14.3 Å². The molecule has 0 unspecified atom stereocenters. The number of nitrogens with zero attached hydrogens (tertiary/aromatic N) is 1. The van der Waals surface area contributed by atoms with Crippen LogP contribution in [0.15, 0.2) is 48.5 Å². The highest BCUT2D eigenvalue weighted by Gasteiger charge is 2.59. The first-order valence-corrected chi connectivity index (χ1v) is 10.0. The minimum absolute atomic E-state index is 0.297. The summed E-state index contributed by atoms with van der Waals surface area (Å²) in [6.45, 7) is 6.16. The normalized spacial score (nSPS) is 25.4. The van der Waals surface area contributed by atoms with Gasteiger partial charge in [-0.15, -0.1) is 0 Å². The fourth-order valence-electron chi connectivity index (χ4n) is 4.19. The molecule has 0 radical (unpaired) electrons. The predicted molar refractivity (Wildman–Crippen MR) is 112 cm³/mol. The quantitative estimate of drug-likeness (QED) is 0.623. The molecule has 0 aromatic heterocycles. The molecule has 2 aromatic carbocycles. The topological polar surface area (TPSA) is 50.8 Å². The summed E-state index contributed by atoms with van der Waals surface area (Å²) >= 11 is 5.71. The van der Waals surface area contributed by atoms with Gasteiger partial charge in [-0.1, -0.05) is 37.3 Å². The maximum Gasteiger partial charge on any atom is 0.317 e. The second kappa shape index (κ2) is 7.09.